The second kappa shape index (κ2) is 6.63. The zero-order valence-electron chi connectivity index (χ0n) is 13.6. The number of hydrogen-bond donors (Lipinski definition) is 1. The fourth-order valence-corrected chi connectivity index (χ4v) is 3.27. The van der Waals surface area contributed by atoms with E-state index in [2.05, 4.69) is 57.3 Å². The quantitative estimate of drug-likeness (QED) is 0.868. The van der Waals surface area contributed by atoms with E-state index in [1.807, 2.05) is 24.5 Å². The lowest BCUT2D eigenvalue weighted by Crippen LogP contribution is -2.11. The van der Waals surface area contributed by atoms with E-state index in [-0.39, 0.29) is 5.41 Å². The first kappa shape index (κ1) is 16.1. The van der Waals surface area contributed by atoms with E-state index in [0.717, 1.165) is 12.3 Å². The Bertz CT molecular complexity index is 596. The summed E-state index contributed by atoms with van der Waals surface area (Å²) in [5, 5.41) is 3.19. The van der Waals surface area contributed by atoms with Gasteiger partial charge in [0.2, 0.25) is 0 Å². The highest BCUT2D eigenvalue weighted by atomic mass is 32.1. The maximum Gasteiger partial charge on any atom is 0.120 e. The third kappa shape index (κ3) is 4.32. The number of ether oxygens (including phenoxy) is 1. The van der Waals surface area contributed by atoms with Gasteiger partial charge >= 0.3 is 0 Å². The van der Waals surface area contributed by atoms with E-state index >= 15 is 0 Å². The Hall–Kier alpha value is -1.32. The molecule has 0 radical (unpaired) electrons. The molecular formula is C18H25NOS. The normalized spacial score (nSPS) is 11.7. The van der Waals surface area contributed by atoms with Gasteiger partial charge < -0.3 is 10.1 Å². The molecule has 0 fully saturated rings. The van der Waals surface area contributed by atoms with Crippen LogP contribution in [0.25, 0.3) is 0 Å². The van der Waals surface area contributed by atoms with Gasteiger partial charge in [0.25, 0.3) is 0 Å². The summed E-state index contributed by atoms with van der Waals surface area (Å²) in [5.41, 5.74) is 2.74. The van der Waals surface area contributed by atoms with E-state index < -0.39 is 0 Å². The van der Waals surface area contributed by atoms with Crippen LogP contribution in [0.2, 0.25) is 0 Å². The van der Waals surface area contributed by atoms with Crippen LogP contribution in [0, 0.1) is 6.92 Å². The lowest BCUT2D eigenvalue weighted by Gasteiger charge is -2.19. The first-order valence-corrected chi connectivity index (χ1v) is 8.18. The summed E-state index contributed by atoms with van der Waals surface area (Å²) >= 11 is 1.84. The molecule has 1 aromatic carbocycles. The minimum absolute atomic E-state index is 0.150. The van der Waals surface area contributed by atoms with Crippen molar-refractivity contribution in [2.24, 2.45) is 0 Å². The van der Waals surface area contributed by atoms with Crippen LogP contribution < -0.4 is 10.1 Å². The van der Waals surface area contributed by atoms with E-state index in [1.54, 1.807) is 0 Å². The molecule has 2 nitrogen and oxygen atoms in total. The molecular weight excluding hydrogens is 278 g/mol. The summed E-state index contributed by atoms with van der Waals surface area (Å²) < 4.78 is 5.99. The van der Waals surface area contributed by atoms with Gasteiger partial charge in [-0.2, -0.15) is 0 Å². The fraction of sp³-hybridized carbons (Fsp3) is 0.444. The van der Waals surface area contributed by atoms with Crippen molar-refractivity contribution in [3.8, 4) is 5.75 Å². The van der Waals surface area contributed by atoms with Crippen LogP contribution in [0.5, 0.6) is 5.75 Å². The molecule has 0 aliphatic heterocycles. The third-order valence-corrected chi connectivity index (χ3v) is 4.61. The summed E-state index contributed by atoms with van der Waals surface area (Å²) in [6.45, 7) is 10.4. The molecule has 1 N–H and O–H groups in total. The van der Waals surface area contributed by atoms with E-state index in [0.29, 0.717) is 6.61 Å². The van der Waals surface area contributed by atoms with Gasteiger partial charge in [0.15, 0.2) is 0 Å². The smallest absolute Gasteiger partial charge is 0.120 e. The predicted octanol–water partition coefficient (Wildman–Crippen LogP) is 4.65. The fourth-order valence-electron chi connectivity index (χ4n) is 2.21. The van der Waals surface area contributed by atoms with Gasteiger partial charge in [-0.15, -0.1) is 11.3 Å². The van der Waals surface area contributed by atoms with Gasteiger partial charge in [-0.3, -0.25) is 0 Å². The molecule has 1 heterocycles. The maximum atomic E-state index is 5.99. The molecule has 3 heteroatoms. The van der Waals surface area contributed by atoms with Crippen LogP contribution in [0.3, 0.4) is 0 Å². The predicted molar refractivity (Wildman–Crippen MR) is 91.3 cm³/mol. The van der Waals surface area contributed by atoms with Crippen LogP contribution in [0.1, 0.15) is 41.7 Å². The topological polar surface area (TPSA) is 21.3 Å². The molecule has 0 atom stereocenters. The van der Waals surface area contributed by atoms with Crippen molar-refractivity contribution in [2.45, 2.75) is 46.3 Å². The van der Waals surface area contributed by atoms with Crippen LogP contribution in [0.15, 0.2) is 30.3 Å². The maximum absolute atomic E-state index is 5.99. The average Bonchev–Trinajstić information content (AvgIpc) is 2.76. The highest BCUT2D eigenvalue weighted by Crippen LogP contribution is 2.27. The van der Waals surface area contributed by atoms with Crippen LogP contribution in [-0.4, -0.2) is 7.05 Å². The molecule has 0 aliphatic carbocycles. The Balaban J connectivity index is 2.06. The summed E-state index contributed by atoms with van der Waals surface area (Å²) in [7, 11) is 1.98. The number of aryl methyl sites for hydroxylation is 1. The largest absolute Gasteiger partial charge is 0.489 e. The lowest BCUT2D eigenvalue weighted by molar-refractivity contribution is 0.305. The molecule has 0 unspecified atom stereocenters. The molecule has 0 spiro atoms. The van der Waals surface area contributed by atoms with E-state index in [9.17, 15) is 0 Å². The molecule has 0 saturated heterocycles. The Morgan fingerprint density at radius 1 is 1.19 bits per heavy atom. The van der Waals surface area contributed by atoms with Crippen molar-refractivity contribution in [1.82, 2.24) is 5.32 Å². The summed E-state index contributed by atoms with van der Waals surface area (Å²) in [6, 6.07) is 10.7. The van der Waals surface area contributed by atoms with Gasteiger partial charge in [-0.05, 0) is 43.1 Å². The van der Waals surface area contributed by atoms with E-state index in [4.69, 9.17) is 4.74 Å². The van der Waals surface area contributed by atoms with Crippen molar-refractivity contribution in [2.75, 3.05) is 7.05 Å². The first-order chi connectivity index (χ1) is 9.90. The van der Waals surface area contributed by atoms with Gasteiger partial charge in [-0.25, -0.2) is 0 Å². The summed E-state index contributed by atoms with van der Waals surface area (Å²) in [6.07, 6.45) is 0. The second-order valence-corrected chi connectivity index (χ2v) is 7.73. The van der Waals surface area contributed by atoms with Crippen molar-refractivity contribution in [3.05, 3.63) is 51.2 Å². The average molecular weight is 303 g/mol. The third-order valence-electron chi connectivity index (χ3n) is 3.52. The van der Waals surface area contributed by atoms with Crippen molar-refractivity contribution in [1.29, 1.82) is 0 Å². The standard InChI is InChI=1S/C18H25NOS/c1-13-14(9-17(21-13)11-19-5)12-20-16-8-6-7-15(10-16)18(2,3)4/h6-10,19H,11-12H2,1-5H3. The Kier molecular flexibility index (Phi) is 5.07. The van der Waals surface area contributed by atoms with Crippen LogP contribution in [-0.2, 0) is 18.6 Å². The summed E-state index contributed by atoms with van der Waals surface area (Å²) in [4.78, 5) is 2.70. The Morgan fingerprint density at radius 2 is 1.95 bits per heavy atom. The van der Waals surface area contributed by atoms with Crippen LogP contribution in [0.4, 0.5) is 0 Å². The lowest BCUT2D eigenvalue weighted by atomic mass is 9.87. The summed E-state index contributed by atoms with van der Waals surface area (Å²) in [5.74, 6) is 0.947. The molecule has 0 amide bonds. The molecule has 2 aromatic rings. The first-order valence-electron chi connectivity index (χ1n) is 7.36. The zero-order chi connectivity index (χ0) is 15.5. The van der Waals surface area contributed by atoms with E-state index in [1.165, 1.54) is 20.9 Å². The number of hydrogen-bond acceptors (Lipinski definition) is 3. The monoisotopic (exact) mass is 303 g/mol. The molecule has 114 valence electrons. The van der Waals surface area contributed by atoms with Gasteiger partial charge in [-0.1, -0.05) is 32.9 Å². The van der Waals surface area contributed by atoms with Crippen LogP contribution >= 0.6 is 11.3 Å². The second-order valence-electron chi connectivity index (χ2n) is 6.39. The van der Waals surface area contributed by atoms with Gasteiger partial charge in [0.1, 0.15) is 12.4 Å². The molecule has 21 heavy (non-hydrogen) atoms. The molecule has 1 aromatic heterocycles. The molecule has 0 aliphatic rings. The highest BCUT2D eigenvalue weighted by molar-refractivity contribution is 7.12. The number of thiophene rings is 1. The number of nitrogens with one attached hydrogen (secondary N) is 1. The number of rotatable bonds is 5. The number of benzene rings is 1. The molecule has 0 bridgehead atoms. The molecule has 0 saturated carbocycles. The van der Waals surface area contributed by atoms with Gasteiger partial charge in [0.05, 0.1) is 0 Å². The van der Waals surface area contributed by atoms with Gasteiger partial charge in [0, 0.05) is 21.9 Å². The Labute approximate surface area is 132 Å². The van der Waals surface area contributed by atoms with Crippen molar-refractivity contribution in [3.63, 3.8) is 0 Å². The van der Waals surface area contributed by atoms with Crippen molar-refractivity contribution < 1.29 is 4.74 Å². The SMILES string of the molecule is CNCc1cc(COc2cccc(C(C)(C)C)c2)c(C)s1. The molecule has 2 rings (SSSR count). The highest BCUT2D eigenvalue weighted by Gasteiger charge is 2.14. The van der Waals surface area contributed by atoms with Crippen molar-refractivity contribution >= 4 is 11.3 Å². The Morgan fingerprint density at radius 3 is 2.62 bits per heavy atom. The minimum Gasteiger partial charge on any atom is -0.489 e. The minimum atomic E-state index is 0.150. The zero-order valence-corrected chi connectivity index (χ0v) is 14.4.